The molecule has 2 rings (SSSR count). The zero-order valence-electron chi connectivity index (χ0n) is 14.6. The van der Waals surface area contributed by atoms with Gasteiger partial charge in [-0.3, -0.25) is 4.79 Å². The number of carbonyl (C=O) groups is 1. The van der Waals surface area contributed by atoms with Gasteiger partial charge in [-0.15, -0.1) is 0 Å². The van der Waals surface area contributed by atoms with Gasteiger partial charge in [0.25, 0.3) is 5.91 Å². The lowest BCUT2D eigenvalue weighted by Gasteiger charge is -2.19. The predicted molar refractivity (Wildman–Crippen MR) is 91.9 cm³/mol. The van der Waals surface area contributed by atoms with Gasteiger partial charge >= 0.3 is 0 Å². The first-order valence-electron chi connectivity index (χ1n) is 8.74. The van der Waals surface area contributed by atoms with E-state index in [0.29, 0.717) is 13.2 Å². The summed E-state index contributed by atoms with van der Waals surface area (Å²) in [7, 11) is 0. The number of rotatable bonds is 8. The summed E-state index contributed by atoms with van der Waals surface area (Å²) in [5, 5.41) is 2.89. The van der Waals surface area contributed by atoms with Crippen molar-refractivity contribution in [2.24, 2.45) is 0 Å². The smallest absolute Gasteiger partial charge is 0.260 e. The second kappa shape index (κ2) is 8.92. The molecule has 1 atom stereocenters. The molecule has 1 aromatic carbocycles. The van der Waals surface area contributed by atoms with E-state index < -0.39 is 6.10 Å². The van der Waals surface area contributed by atoms with E-state index in [-0.39, 0.29) is 12.0 Å². The van der Waals surface area contributed by atoms with E-state index in [9.17, 15) is 4.79 Å². The molecule has 1 unspecified atom stereocenters. The van der Waals surface area contributed by atoms with E-state index in [1.165, 1.54) is 24.0 Å². The van der Waals surface area contributed by atoms with Gasteiger partial charge in [0, 0.05) is 13.2 Å². The van der Waals surface area contributed by atoms with Gasteiger partial charge < -0.3 is 14.8 Å². The van der Waals surface area contributed by atoms with Crippen LogP contribution in [-0.2, 0) is 22.4 Å². The van der Waals surface area contributed by atoms with Crippen molar-refractivity contribution in [1.29, 1.82) is 0 Å². The SMILES string of the molecule is CC(C)OCCCNC(=O)C(C)Oc1ccc2c(c1)CCCC2. The van der Waals surface area contributed by atoms with Crippen LogP contribution in [0.25, 0.3) is 0 Å². The van der Waals surface area contributed by atoms with E-state index >= 15 is 0 Å². The van der Waals surface area contributed by atoms with Crippen LogP contribution in [0.3, 0.4) is 0 Å². The van der Waals surface area contributed by atoms with E-state index in [1.54, 1.807) is 6.92 Å². The quantitative estimate of drug-likeness (QED) is 0.748. The fourth-order valence-electron chi connectivity index (χ4n) is 2.79. The minimum absolute atomic E-state index is 0.0766. The lowest BCUT2D eigenvalue weighted by atomic mass is 9.92. The molecule has 1 aromatic rings. The third kappa shape index (κ3) is 5.87. The summed E-state index contributed by atoms with van der Waals surface area (Å²) in [6.45, 7) is 7.08. The maximum Gasteiger partial charge on any atom is 0.260 e. The van der Waals surface area contributed by atoms with Crippen molar-refractivity contribution in [2.45, 2.75) is 65.1 Å². The average molecular weight is 319 g/mol. The summed E-state index contributed by atoms with van der Waals surface area (Å²) in [4.78, 5) is 12.1. The van der Waals surface area contributed by atoms with Crippen molar-refractivity contribution in [3.8, 4) is 5.75 Å². The van der Waals surface area contributed by atoms with Crippen LogP contribution in [0.1, 0.15) is 51.2 Å². The molecule has 4 heteroatoms. The molecule has 1 N–H and O–H groups in total. The lowest BCUT2D eigenvalue weighted by molar-refractivity contribution is -0.127. The molecule has 0 spiro atoms. The first-order valence-corrected chi connectivity index (χ1v) is 8.74. The molecule has 0 bridgehead atoms. The Hall–Kier alpha value is -1.55. The first kappa shape index (κ1) is 17.8. The third-order valence-corrected chi connectivity index (χ3v) is 4.07. The van der Waals surface area contributed by atoms with Gasteiger partial charge in [-0.1, -0.05) is 6.07 Å². The van der Waals surface area contributed by atoms with E-state index in [2.05, 4.69) is 17.4 Å². The number of benzene rings is 1. The Morgan fingerprint density at radius 3 is 2.65 bits per heavy atom. The predicted octanol–water partition coefficient (Wildman–Crippen LogP) is 3.26. The molecule has 0 fully saturated rings. The van der Waals surface area contributed by atoms with Crippen LogP contribution in [0, 0.1) is 0 Å². The van der Waals surface area contributed by atoms with Crippen molar-refractivity contribution in [3.63, 3.8) is 0 Å². The zero-order valence-corrected chi connectivity index (χ0v) is 14.6. The topological polar surface area (TPSA) is 47.6 Å². The monoisotopic (exact) mass is 319 g/mol. The summed E-state index contributed by atoms with van der Waals surface area (Å²) in [5.74, 6) is 0.712. The molecule has 128 valence electrons. The number of hydrogen-bond donors (Lipinski definition) is 1. The van der Waals surface area contributed by atoms with Gasteiger partial charge in [0.05, 0.1) is 6.10 Å². The Morgan fingerprint density at radius 2 is 1.91 bits per heavy atom. The van der Waals surface area contributed by atoms with Crippen LogP contribution in [-0.4, -0.2) is 31.3 Å². The molecule has 1 aliphatic carbocycles. The van der Waals surface area contributed by atoms with Crippen LogP contribution in [0.5, 0.6) is 5.75 Å². The number of aryl methyl sites for hydroxylation is 2. The van der Waals surface area contributed by atoms with Crippen molar-refractivity contribution in [1.82, 2.24) is 5.32 Å². The largest absolute Gasteiger partial charge is 0.481 e. The van der Waals surface area contributed by atoms with Gasteiger partial charge in [-0.05, 0) is 76.1 Å². The number of carbonyl (C=O) groups excluding carboxylic acids is 1. The third-order valence-electron chi connectivity index (χ3n) is 4.07. The highest BCUT2D eigenvalue weighted by atomic mass is 16.5. The molecule has 0 aliphatic heterocycles. The second-order valence-corrected chi connectivity index (χ2v) is 6.46. The van der Waals surface area contributed by atoms with Crippen LogP contribution in [0.2, 0.25) is 0 Å². The molecular weight excluding hydrogens is 290 g/mol. The molecule has 1 amide bonds. The molecule has 1 aliphatic rings. The highest BCUT2D eigenvalue weighted by Gasteiger charge is 2.16. The van der Waals surface area contributed by atoms with Gasteiger partial charge in [0.15, 0.2) is 6.10 Å². The highest BCUT2D eigenvalue weighted by molar-refractivity contribution is 5.80. The molecule has 0 aromatic heterocycles. The minimum Gasteiger partial charge on any atom is -0.481 e. The number of ether oxygens (including phenoxy) is 2. The molecule has 0 saturated heterocycles. The lowest BCUT2D eigenvalue weighted by Crippen LogP contribution is -2.37. The van der Waals surface area contributed by atoms with E-state index in [0.717, 1.165) is 25.0 Å². The molecule has 23 heavy (non-hydrogen) atoms. The zero-order chi connectivity index (χ0) is 16.7. The summed E-state index contributed by atoms with van der Waals surface area (Å²) < 4.78 is 11.2. The molecular formula is C19H29NO3. The Morgan fingerprint density at radius 1 is 1.17 bits per heavy atom. The van der Waals surface area contributed by atoms with Crippen LogP contribution < -0.4 is 10.1 Å². The first-order chi connectivity index (χ1) is 11.1. The van der Waals surface area contributed by atoms with Gasteiger partial charge in [-0.25, -0.2) is 0 Å². The second-order valence-electron chi connectivity index (χ2n) is 6.46. The van der Waals surface area contributed by atoms with E-state index in [4.69, 9.17) is 9.47 Å². The fourth-order valence-corrected chi connectivity index (χ4v) is 2.79. The van der Waals surface area contributed by atoms with Gasteiger partial charge in [-0.2, -0.15) is 0 Å². The number of amides is 1. The number of hydrogen-bond acceptors (Lipinski definition) is 3. The Bertz CT molecular complexity index is 513. The molecule has 0 saturated carbocycles. The fraction of sp³-hybridized carbons (Fsp3) is 0.632. The van der Waals surface area contributed by atoms with Crippen molar-refractivity contribution in [3.05, 3.63) is 29.3 Å². The van der Waals surface area contributed by atoms with Gasteiger partial charge in [0.2, 0.25) is 0 Å². The number of nitrogens with one attached hydrogen (secondary N) is 1. The van der Waals surface area contributed by atoms with Crippen LogP contribution >= 0.6 is 0 Å². The maximum atomic E-state index is 12.1. The number of fused-ring (bicyclic) bond motifs is 1. The van der Waals surface area contributed by atoms with Crippen LogP contribution in [0.15, 0.2) is 18.2 Å². The standard InChI is InChI=1S/C19H29NO3/c1-14(2)22-12-6-11-20-19(21)15(3)23-18-10-9-16-7-4-5-8-17(16)13-18/h9-10,13-15H,4-8,11-12H2,1-3H3,(H,20,21). The van der Waals surface area contributed by atoms with E-state index in [1.807, 2.05) is 19.9 Å². The highest BCUT2D eigenvalue weighted by Crippen LogP contribution is 2.25. The summed E-state index contributed by atoms with van der Waals surface area (Å²) in [5.41, 5.74) is 2.79. The Balaban J connectivity index is 1.75. The van der Waals surface area contributed by atoms with Gasteiger partial charge in [0.1, 0.15) is 5.75 Å². The normalized spacial score (nSPS) is 15.1. The summed E-state index contributed by atoms with van der Waals surface area (Å²) in [6, 6.07) is 6.21. The average Bonchev–Trinajstić information content (AvgIpc) is 2.54. The summed E-state index contributed by atoms with van der Waals surface area (Å²) in [6.07, 6.45) is 5.35. The van der Waals surface area contributed by atoms with Crippen molar-refractivity contribution >= 4 is 5.91 Å². The Kier molecular flexibility index (Phi) is 6.90. The molecule has 4 nitrogen and oxygen atoms in total. The van der Waals surface area contributed by atoms with Crippen molar-refractivity contribution in [2.75, 3.05) is 13.2 Å². The molecule has 0 heterocycles. The van der Waals surface area contributed by atoms with Crippen LogP contribution in [0.4, 0.5) is 0 Å². The Labute approximate surface area is 139 Å². The van der Waals surface area contributed by atoms with Crippen molar-refractivity contribution < 1.29 is 14.3 Å². The maximum absolute atomic E-state index is 12.1. The molecule has 0 radical (unpaired) electrons. The minimum atomic E-state index is -0.484. The summed E-state index contributed by atoms with van der Waals surface area (Å²) >= 11 is 0.